The van der Waals surface area contributed by atoms with Gasteiger partial charge in [0.15, 0.2) is 10.9 Å². The maximum Gasteiger partial charge on any atom is 0.267 e. The summed E-state index contributed by atoms with van der Waals surface area (Å²) in [4.78, 5) is 33.0. The Morgan fingerprint density at radius 1 is 1.08 bits per heavy atom. The molecule has 26 heavy (non-hydrogen) atoms. The second kappa shape index (κ2) is 7.45. The zero-order valence-corrected chi connectivity index (χ0v) is 15.5. The summed E-state index contributed by atoms with van der Waals surface area (Å²) in [5, 5.41) is 6.56. The van der Waals surface area contributed by atoms with Crippen LogP contribution in [0.4, 0.5) is 16.6 Å². The van der Waals surface area contributed by atoms with E-state index in [1.165, 1.54) is 18.3 Å². The fourth-order valence-corrected chi connectivity index (χ4v) is 3.22. The lowest BCUT2D eigenvalue weighted by atomic mass is 10.1. The standard InChI is InChI=1S/C19H18N4O2S/c1-11-8-9-20-16(10-11)23-19-21-12(2)17(26-19)18(25)22-15-6-4-14(5-7-15)13(3)24/h4-10H,1-3H3,(H,22,25)(H,20,21,23). The van der Waals surface area contributed by atoms with Gasteiger partial charge in [-0.05, 0) is 62.7 Å². The minimum absolute atomic E-state index is 0.0124. The topological polar surface area (TPSA) is 84.0 Å². The molecule has 2 heterocycles. The first-order valence-electron chi connectivity index (χ1n) is 8.02. The predicted octanol–water partition coefficient (Wildman–Crippen LogP) is 4.35. The van der Waals surface area contributed by atoms with Gasteiger partial charge in [-0.1, -0.05) is 11.3 Å². The molecular weight excluding hydrogens is 348 g/mol. The highest BCUT2D eigenvalue weighted by Gasteiger charge is 2.16. The number of Topliss-reactive ketones (excluding diaryl/α,β-unsaturated/α-hetero) is 1. The van der Waals surface area contributed by atoms with E-state index in [9.17, 15) is 9.59 Å². The van der Waals surface area contributed by atoms with E-state index in [0.717, 1.165) is 5.56 Å². The summed E-state index contributed by atoms with van der Waals surface area (Å²) in [6.07, 6.45) is 1.72. The largest absolute Gasteiger partial charge is 0.321 e. The summed E-state index contributed by atoms with van der Waals surface area (Å²) < 4.78 is 0. The van der Waals surface area contributed by atoms with Crippen LogP contribution in [0.5, 0.6) is 0 Å². The highest BCUT2D eigenvalue weighted by molar-refractivity contribution is 7.17. The molecule has 0 fully saturated rings. The van der Waals surface area contributed by atoms with Gasteiger partial charge in [0, 0.05) is 17.4 Å². The molecule has 0 aliphatic carbocycles. The number of hydrogen-bond acceptors (Lipinski definition) is 6. The van der Waals surface area contributed by atoms with E-state index in [-0.39, 0.29) is 11.7 Å². The van der Waals surface area contributed by atoms with E-state index in [4.69, 9.17) is 0 Å². The van der Waals surface area contributed by atoms with Crippen LogP contribution in [0.3, 0.4) is 0 Å². The van der Waals surface area contributed by atoms with Crippen LogP contribution in [0.15, 0.2) is 42.6 Å². The third kappa shape index (κ3) is 4.12. The number of pyridine rings is 1. The number of amides is 1. The van der Waals surface area contributed by atoms with E-state index in [1.807, 2.05) is 19.1 Å². The number of carbonyl (C=O) groups is 2. The predicted molar refractivity (Wildman–Crippen MR) is 104 cm³/mol. The van der Waals surface area contributed by atoms with E-state index in [1.54, 1.807) is 37.4 Å². The second-order valence-electron chi connectivity index (χ2n) is 5.86. The van der Waals surface area contributed by atoms with Crippen molar-refractivity contribution in [1.82, 2.24) is 9.97 Å². The van der Waals surface area contributed by atoms with Gasteiger partial charge in [-0.2, -0.15) is 0 Å². The van der Waals surface area contributed by atoms with Crippen LogP contribution in [0, 0.1) is 13.8 Å². The van der Waals surface area contributed by atoms with Crippen LogP contribution >= 0.6 is 11.3 Å². The second-order valence-corrected chi connectivity index (χ2v) is 6.86. The van der Waals surface area contributed by atoms with Crippen molar-refractivity contribution < 1.29 is 9.59 Å². The zero-order chi connectivity index (χ0) is 18.7. The van der Waals surface area contributed by atoms with E-state index < -0.39 is 0 Å². The number of nitrogens with zero attached hydrogens (tertiary/aromatic N) is 2. The van der Waals surface area contributed by atoms with Gasteiger partial charge >= 0.3 is 0 Å². The minimum atomic E-state index is -0.235. The minimum Gasteiger partial charge on any atom is -0.321 e. The first kappa shape index (κ1) is 17.8. The molecule has 0 unspecified atom stereocenters. The Morgan fingerprint density at radius 2 is 1.81 bits per heavy atom. The van der Waals surface area contributed by atoms with Gasteiger partial charge in [0.1, 0.15) is 10.7 Å². The maximum atomic E-state index is 12.5. The third-order valence-electron chi connectivity index (χ3n) is 3.70. The molecule has 0 aliphatic heterocycles. The fraction of sp³-hybridized carbons (Fsp3) is 0.158. The Hall–Kier alpha value is -3.06. The van der Waals surface area contributed by atoms with Crippen LogP contribution in [-0.2, 0) is 0 Å². The average molecular weight is 366 g/mol. The van der Waals surface area contributed by atoms with Gasteiger partial charge in [0.05, 0.1) is 5.69 Å². The van der Waals surface area contributed by atoms with Crippen molar-refractivity contribution in [2.45, 2.75) is 20.8 Å². The molecule has 2 N–H and O–H groups in total. The summed E-state index contributed by atoms with van der Waals surface area (Å²) in [5.74, 6) is 0.438. The Morgan fingerprint density at radius 3 is 2.46 bits per heavy atom. The molecule has 3 rings (SSSR count). The Bertz CT molecular complexity index is 964. The average Bonchev–Trinajstić information content (AvgIpc) is 2.95. The summed E-state index contributed by atoms with van der Waals surface area (Å²) in [5.41, 5.74) is 2.96. The van der Waals surface area contributed by atoms with Crippen LogP contribution < -0.4 is 10.6 Å². The van der Waals surface area contributed by atoms with E-state index >= 15 is 0 Å². The summed E-state index contributed by atoms with van der Waals surface area (Å²) in [6, 6.07) is 10.6. The SMILES string of the molecule is CC(=O)c1ccc(NC(=O)c2sc(Nc3cc(C)ccn3)nc2C)cc1. The monoisotopic (exact) mass is 366 g/mol. The molecule has 0 aliphatic rings. The number of ketones is 1. The van der Waals surface area contributed by atoms with Gasteiger partial charge in [-0.25, -0.2) is 9.97 Å². The maximum absolute atomic E-state index is 12.5. The Labute approximate surface area is 155 Å². The zero-order valence-electron chi connectivity index (χ0n) is 14.7. The van der Waals surface area contributed by atoms with Gasteiger partial charge in [-0.15, -0.1) is 0 Å². The van der Waals surface area contributed by atoms with E-state index in [0.29, 0.717) is 32.8 Å². The number of nitrogens with one attached hydrogen (secondary N) is 2. The Balaban J connectivity index is 1.73. The van der Waals surface area contributed by atoms with Crippen LogP contribution in [0.2, 0.25) is 0 Å². The molecule has 0 saturated heterocycles. The molecule has 0 spiro atoms. The fourth-order valence-electron chi connectivity index (χ4n) is 2.35. The molecule has 1 amide bonds. The number of aryl methyl sites for hydroxylation is 2. The van der Waals surface area contributed by atoms with Gasteiger partial charge in [-0.3, -0.25) is 9.59 Å². The molecule has 0 atom stereocenters. The van der Waals surface area contributed by atoms with Crippen LogP contribution in [-0.4, -0.2) is 21.7 Å². The van der Waals surface area contributed by atoms with Crippen molar-refractivity contribution in [3.63, 3.8) is 0 Å². The van der Waals surface area contributed by atoms with Gasteiger partial charge in [0.25, 0.3) is 5.91 Å². The van der Waals surface area contributed by atoms with Crippen LogP contribution in [0.25, 0.3) is 0 Å². The van der Waals surface area contributed by atoms with Crippen molar-refractivity contribution in [2.24, 2.45) is 0 Å². The van der Waals surface area contributed by atoms with Crippen molar-refractivity contribution in [3.8, 4) is 0 Å². The van der Waals surface area contributed by atoms with Crippen molar-refractivity contribution >= 4 is 39.7 Å². The highest BCUT2D eigenvalue weighted by atomic mass is 32.1. The molecule has 132 valence electrons. The highest BCUT2D eigenvalue weighted by Crippen LogP contribution is 2.26. The molecule has 1 aromatic carbocycles. The molecule has 2 aromatic heterocycles. The lowest BCUT2D eigenvalue weighted by Crippen LogP contribution is -2.11. The summed E-state index contributed by atoms with van der Waals surface area (Å²) >= 11 is 1.27. The number of anilines is 3. The summed E-state index contributed by atoms with van der Waals surface area (Å²) in [7, 11) is 0. The normalized spacial score (nSPS) is 10.4. The Kier molecular flexibility index (Phi) is 5.09. The molecule has 0 saturated carbocycles. The number of thiazole rings is 1. The quantitative estimate of drug-likeness (QED) is 0.656. The number of aromatic nitrogens is 2. The van der Waals surface area contributed by atoms with Gasteiger partial charge in [0.2, 0.25) is 0 Å². The van der Waals surface area contributed by atoms with Crippen molar-refractivity contribution in [1.29, 1.82) is 0 Å². The smallest absolute Gasteiger partial charge is 0.267 e. The molecule has 3 aromatic rings. The number of benzene rings is 1. The lowest BCUT2D eigenvalue weighted by molar-refractivity contribution is 0.101. The number of carbonyl (C=O) groups excluding carboxylic acids is 2. The lowest BCUT2D eigenvalue weighted by Gasteiger charge is -2.04. The first-order valence-corrected chi connectivity index (χ1v) is 8.83. The number of hydrogen-bond donors (Lipinski definition) is 2. The molecule has 7 heteroatoms. The molecular formula is C19H18N4O2S. The number of rotatable bonds is 5. The van der Waals surface area contributed by atoms with Crippen molar-refractivity contribution in [3.05, 3.63) is 64.3 Å². The molecule has 0 radical (unpaired) electrons. The van der Waals surface area contributed by atoms with E-state index in [2.05, 4.69) is 20.6 Å². The third-order valence-corrected chi connectivity index (χ3v) is 4.77. The molecule has 0 bridgehead atoms. The van der Waals surface area contributed by atoms with Crippen LogP contribution in [0.1, 0.15) is 38.2 Å². The van der Waals surface area contributed by atoms with Crippen molar-refractivity contribution in [2.75, 3.05) is 10.6 Å². The first-order chi connectivity index (χ1) is 12.4. The molecule has 6 nitrogen and oxygen atoms in total. The summed E-state index contributed by atoms with van der Waals surface area (Å²) in [6.45, 7) is 5.28. The van der Waals surface area contributed by atoms with Gasteiger partial charge < -0.3 is 10.6 Å².